The maximum absolute atomic E-state index is 12.5. The highest BCUT2D eigenvalue weighted by Crippen LogP contribution is 2.19. The third-order valence-electron chi connectivity index (χ3n) is 4.85. The van der Waals surface area contributed by atoms with E-state index in [9.17, 15) is 4.79 Å². The van der Waals surface area contributed by atoms with E-state index in [0.29, 0.717) is 18.0 Å². The molecule has 0 aliphatic heterocycles. The molecule has 0 fully saturated rings. The molecule has 0 saturated carbocycles. The van der Waals surface area contributed by atoms with Crippen LogP contribution in [-0.4, -0.2) is 39.5 Å². The predicted octanol–water partition coefficient (Wildman–Crippen LogP) is 3.45. The van der Waals surface area contributed by atoms with Crippen LogP contribution in [0.2, 0.25) is 0 Å². The third-order valence-corrected chi connectivity index (χ3v) is 4.85. The molecule has 0 aliphatic carbocycles. The molecule has 1 aromatic heterocycles. The Labute approximate surface area is 192 Å². The fraction of sp³-hybridized carbons (Fsp3) is 0.250. The van der Waals surface area contributed by atoms with Crippen LogP contribution in [0.5, 0.6) is 6.01 Å². The molecule has 33 heavy (non-hydrogen) atoms. The third kappa shape index (κ3) is 5.57. The van der Waals surface area contributed by atoms with Gasteiger partial charge in [-0.25, -0.2) is 14.0 Å². The minimum Gasteiger partial charge on any atom is -0.467 e. The summed E-state index contributed by atoms with van der Waals surface area (Å²) in [5.74, 6) is 0. The number of rotatable bonds is 10. The maximum Gasteiger partial charge on any atom is 0.353 e. The van der Waals surface area contributed by atoms with Gasteiger partial charge in [-0.2, -0.15) is 0 Å². The van der Waals surface area contributed by atoms with Crippen molar-refractivity contribution in [3.63, 3.8) is 0 Å². The summed E-state index contributed by atoms with van der Waals surface area (Å²) in [6.07, 6.45) is 1.64. The summed E-state index contributed by atoms with van der Waals surface area (Å²) < 4.78 is 7.87. The smallest absolute Gasteiger partial charge is 0.353 e. The highest BCUT2D eigenvalue weighted by atomic mass is 16.6. The van der Waals surface area contributed by atoms with Gasteiger partial charge in [0.15, 0.2) is 0 Å². The van der Waals surface area contributed by atoms with Gasteiger partial charge in [0, 0.05) is 12.6 Å². The summed E-state index contributed by atoms with van der Waals surface area (Å²) in [5.41, 5.74) is 4.42. The molecule has 172 valence electrons. The minimum atomic E-state index is -0.312. The normalized spacial score (nSPS) is 11.9. The highest BCUT2D eigenvalue weighted by Gasteiger charge is 2.16. The number of nitrogens with zero attached hydrogens (tertiary/aromatic N) is 5. The molecule has 0 aliphatic rings. The molecule has 0 N–H and O–H groups in total. The van der Waals surface area contributed by atoms with E-state index in [-0.39, 0.29) is 18.3 Å². The number of methoxy groups -OCH3 is 1. The number of oxime groups is 2. The Kier molecular flexibility index (Phi) is 7.80. The standard InChI is InChI=1S/C24H27N5O4/c1-6-15-32-26-17(2)19-11-13-20(14-12-19)18(3)27-33-16-21-9-7-8-10-22(21)29-23(31-5)25-28(4)24(29)30/h6-14H,1,15-16H2,2-5H3/b26-17+,27-18+. The van der Waals surface area contributed by atoms with Gasteiger partial charge in [-0.1, -0.05) is 65.4 Å². The van der Waals surface area contributed by atoms with Crippen molar-refractivity contribution in [3.8, 4) is 11.7 Å². The number of aryl methyl sites for hydroxylation is 1. The van der Waals surface area contributed by atoms with E-state index < -0.39 is 0 Å². The Morgan fingerprint density at radius 2 is 1.64 bits per heavy atom. The largest absolute Gasteiger partial charge is 0.467 e. The average Bonchev–Trinajstić information content (AvgIpc) is 3.12. The summed E-state index contributed by atoms with van der Waals surface area (Å²) in [6.45, 7) is 7.87. The van der Waals surface area contributed by atoms with E-state index in [0.717, 1.165) is 22.4 Å². The van der Waals surface area contributed by atoms with Gasteiger partial charge in [0.05, 0.1) is 24.2 Å². The van der Waals surface area contributed by atoms with Crippen molar-refractivity contribution in [3.05, 3.63) is 88.4 Å². The average molecular weight is 450 g/mol. The Balaban J connectivity index is 1.73. The first-order valence-corrected chi connectivity index (χ1v) is 10.3. The second-order valence-electron chi connectivity index (χ2n) is 7.15. The lowest BCUT2D eigenvalue weighted by molar-refractivity contribution is 0.130. The summed E-state index contributed by atoms with van der Waals surface area (Å²) >= 11 is 0. The first-order valence-electron chi connectivity index (χ1n) is 10.3. The number of ether oxygens (including phenoxy) is 1. The molecule has 0 atom stereocenters. The van der Waals surface area contributed by atoms with Gasteiger partial charge >= 0.3 is 11.7 Å². The lowest BCUT2D eigenvalue weighted by Crippen LogP contribution is -2.22. The van der Waals surface area contributed by atoms with E-state index in [4.69, 9.17) is 14.4 Å². The van der Waals surface area contributed by atoms with E-state index in [2.05, 4.69) is 22.0 Å². The number of benzene rings is 2. The summed E-state index contributed by atoms with van der Waals surface area (Å²) in [6, 6.07) is 15.4. The molecule has 2 aromatic carbocycles. The van der Waals surface area contributed by atoms with Crippen LogP contribution in [0.4, 0.5) is 0 Å². The summed E-state index contributed by atoms with van der Waals surface area (Å²) in [5, 5.41) is 12.4. The van der Waals surface area contributed by atoms with Crippen LogP contribution < -0.4 is 10.4 Å². The van der Waals surface area contributed by atoms with Crippen molar-refractivity contribution in [2.24, 2.45) is 17.4 Å². The Hall–Kier alpha value is -4.14. The van der Waals surface area contributed by atoms with Crippen molar-refractivity contribution in [2.75, 3.05) is 13.7 Å². The Morgan fingerprint density at radius 3 is 2.24 bits per heavy atom. The van der Waals surface area contributed by atoms with Crippen LogP contribution in [0.15, 0.2) is 76.3 Å². The van der Waals surface area contributed by atoms with Crippen molar-refractivity contribution < 1.29 is 14.4 Å². The Bertz CT molecular complexity index is 1220. The minimum absolute atomic E-state index is 0.169. The lowest BCUT2D eigenvalue weighted by atomic mass is 10.1. The molecule has 0 spiro atoms. The predicted molar refractivity (Wildman–Crippen MR) is 127 cm³/mol. The van der Waals surface area contributed by atoms with Crippen LogP contribution in [0.1, 0.15) is 30.5 Å². The van der Waals surface area contributed by atoms with Gasteiger partial charge in [-0.3, -0.25) is 0 Å². The molecular formula is C24H27N5O4. The fourth-order valence-electron chi connectivity index (χ4n) is 3.08. The zero-order chi connectivity index (χ0) is 23.8. The Morgan fingerprint density at radius 1 is 1.03 bits per heavy atom. The molecule has 3 rings (SSSR count). The van der Waals surface area contributed by atoms with Crippen molar-refractivity contribution >= 4 is 11.4 Å². The molecule has 3 aromatic rings. The van der Waals surface area contributed by atoms with E-state index in [1.54, 1.807) is 13.1 Å². The second kappa shape index (κ2) is 10.9. The SMILES string of the molecule is C=CCO/N=C(\C)c1ccc(/C(C)=N/OCc2ccccc2-n2c(OC)nn(C)c2=O)cc1. The van der Waals surface area contributed by atoms with Gasteiger partial charge in [-0.15, -0.1) is 5.10 Å². The number of aromatic nitrogens is 3. The van der Waals surface area contributed by atoms with Crippen LogP contribution in [0, 0.1) is 0 Å². The monoisotopic (exact) mass is 449 g/mol. The highest BCUT2D eigenvalue weighted by molar-refractivity contribution is 6.01. The number of para-hydroxylation sites is 1. The van der Waals surface area contributed by atoms with Crippen molar-refractivity contribution in [2.45, 2.75) is 20.5 Å². The van der Waals surface area contributed by atoms with Crippen LogP contribution in [-0.2, 0) is 23.3 Å². The van der Waals surface area contributed by atoms with Crippen molar-refractivity contribution in [1.29, 1.82) is 0 Å². The van der Waals surface area contributed by atoms with Crippen LogP contribution in [0.3, 0.4) is 0 Å². The quantitative estimate of drug-likeness (QED) is 0.205. The molecule has 0 bridgehead atoms. The summed E-state index contributed by atoms with van der Waals surface area (Å²) in [7, 11) is 3.04. The molecule has 0 saturated heterocycles. The zero-order valence-corrected chi connectivity index (χ0v) is 19.2. The topological polar surface area (TPSA) is 92.2 Å². The molecule has 0 unspecified atom stereocenters. The van der Waals surface area contributed by atoms with Crippen LogP contribution in [0.25, 0.3) is 5.69 Å². The molecular weight excluding hydrogens is 422 g/mol. The van der Waals surface area contributed by atoms with Gasteiger partial charge in [0.1, 0.15) is 13.2 Å². The molecule has 9 heteroatoms. The zero-order valence-electron chi connectivity index (χ0n) is 19.2. The van der Waals surface area contributed by atoms with Gasteiger partial charge in [0.2, 0.25) is 0 Å². The maximum atomic E-state index is 12.5. The first-order chi connectivity index (χ1) is 16.0. The van der Waals surface area contributed by atoms with Gasteiger partial charge in [-0.05, 0) is 31.0 Å². The molecule has 0 radical (unpaired) electrons. The fourth-order valence-corrected chi connectivity index (χ4v) is 3.08. The van der Waals surface area contributed by atoms with E-state index in [1.165, 1.54) is 16.4 Å². The molecule has 1 heterocycles. The molecule has 9 nitrogen and oxygen atoms in total. The lowest BCUT2D eigenvalue weighted by Gasteiger charge is -2.10. The number of hydrogen-bond acceptors (Lipinski definition) is 7. The van der Waals surface area contributed by atoms with Gasteiger partial charge in [0.25, 0.3) is 0 Å². The summed E-state index contributed by atoms with van der Waals surface area (Å²) in [4.78, 5) is 23.3. The molecule has 0 amide bonds. The van der Waals surface area contributed by atoms with Gasteiger partial charge < -0.3 is 14.4 Å². The van der Waals surface area contributed by atoms with Crippen LogP contribution >= 0.6 is 0 Å². The number of hydrogen-bond donors (Lipinski definition) is 0. The van der Waals surface area contributed by atoms with E-state index >= 15 is 0 Å². The van der Waals surface area contributed by atoms with E-state index in [1.807, 2.05) is 62.4 Å². The second-order valence-corrected chi connectivity index (χ2v) is 7.15. The van der Waals surface area contributed by atoms with Crippen molar-refractivity contribution in [1.82, 2.24) is 14.3 Å². The first kappa shape index (κ1) is 23.5.